The molecule has 1 fully saturated rings. The number of carbonyl (C=O) groups is 1. The molecule has 0 aliphatic carbocycles. The number of piperidine rings is 1. The lowest BCUT2D eigenvalue weighted by molar-refractivity contribution is -0.123. The molecule has 2 aliphatic rings. The Bertz CT molecular complexity index is 983. The first-order valence-electron chi connectivity index (χ1n) is 9.54. The fourth-order valence-electron chi connectivity index (χ4n) is 4.20. The molecule has 1 saturated heterocycles. The Morgan fingerprint density at radius 1 is 1.04 bits per heavy atom. The molecule has 1 amide bonds. The number of nitrogens with zero attached hydrogens (tertiary/aromatic N) is 2. The molecule has 7 heteroatoms. The third kappa shape index (κ3) is 3.51. The van der Waals surface area contributed by atoms with Gasteiger partial charge in [0.05, 0.1) is 4.90 Å². The van der Waals surface area contributed by atoms with E-state index in [0.717, 1.165) is 16.6 Å². The zero-order chi connectivity index (χ0) is 19.9. The Balaban J connectivity index is 1.46. The second kappa shape index (κ2) is 7.61. The van der Waals surface area contributed by atoms with E-state index in [2.05, 4.69) is 28.9 Å². The molecule has 148 valence electrons. The van der Waals surface area contributed by atoms with Gasteiger partial charge in [0.25, 0.3) is 0 Å². The van der Waals surface area contributed by atoms with E-state index in [4.69, 9.17) is 0 Å². The highest BCUT2D eigenvalue weighted by atomic mass is 79.9. The summed E-state index contributed by atoms with van der Waals surface area (Å²) in [6.07, 6.45) is 1.98. The van der Waals surface area contributed by atoms with Crippen molar-refractivity contribution in [3.05, 3.63) is 58.6 Å². The Labute approximate surface area is 174 Å². The molecular formula is C21H23BrN2O3S. The summed E-state index contributed by atoms with van der Waals surface area (Å²) in [4.78, 5) is 15.4. The van der Waals surface area contributed by atoms with Crippen molar-refractivity contribution >= 4 is 37.5 Å². The molecular weight excluding hydrogens is 440 g/mol. The second-order valence-electron chi connectivity index (χ2n) is 7.52. The maximum atomic E-state index is 13.2. The lowest BCUT2D eigenvalue weighted by Gasteiger charge is -2.34. The largest absolute Gasteiger partial charge is 0.309 e. The molecule has 5 nitrogen and oxygen atoms in total. The van der Waals surface area contributed by atoms with E-state index in [1.165, 1.54) is 9.87 Å². The van der Waals surface area contributed by atoms with Gasteiger partial charge in [-0.15, -0.1) is 0 Å². The van der Waals surface area contributed by atoms with Crippen molar-refractivity contribution in [2.24, 2.45) is 5.92 Å². The van der Waals surface area contributed by atoms with Gasteiger partial charge in [-0.2, -0.15) is 4.31 Å². The topological polar surface area (TPSA) is 57.7 Å². The SMILES string of the molecule is CC1Cc2ccccc2N1C(=O)C1CCN(S(=O)(=O)c2ccc(Br)cc2)CC1. The van der Waals surface area contributed by atoms with Crippen molar-refractivity contribution in [3.8, 4) is 0 Å². The van der Waals surface area contributed by atoms with E-state index in [0.29, 0.717) is 30.8 Å². The van der Waals surface area contributed by atoms with E-state index in [1.807, 2.05) is 23.1 Å². The quantitative estimate of drug-likeness (QED) is 0.696. The summed E-state index contributed by atoms with van der Waals surface area (Å²) in [7, 11) is -3.52. The van der Waals surface area contributed by atoms with E-state index in [1.54, 1.807) is 24.3 Å². The Morgan fingerprint density at radius 2 is 1.68 bits per heavy atom. The van der Waals surface area contributed by atoms with Gasteiger partial charge in [0.1, 0.15) is 0 Å². The lowest BCUT2D eigenvalue weighted by Crippen LogP contribution is -2.46. The summed E-state index contributed by atoms with van der Waals surface area (Å²) in [5.74, 6) is -0.0110. The molecule has 0 bridgehead atoms. The first-order valence-corrected chi connectivity index (χ1v) is 11.8. The molecule has 2 heterocycles. The molecule has 1 atom stereocenters. The number of rotatable bonds is 3. The molecule has 2 aromatic carbocycles. The van der Waals surface area contributed by atoms with Gasteiger partial charge in [-0.1, -0.05) is 34.1 Å². The first-order chi connectivity index (χ1) is 13.4. The summed E-state index contributed by atoms with van der Waals surface area (Å²) in [6, 6.07) is 14.9. The molecule has 1 unspecified atom stereocenters. The van der Waals surface area contributed by atoms with Crippen molar-refractivity contribution in [3.63, 3.8) is 0 Å². The van der Waals surface area contributed by atoms with Crippen molar-refractivity contribution < 1.29 is 13.2 Å². The minimum atomic E-state index is -3.52. The van der Waals surface area contributed by atoms with Gasteiger partial charge < -0.3 is 4.90 Å². The molecule has 28 heavy (non-hydrogen) atoms. The summed E-state index contributed by atoms with van der Waals surface area (Å²) in [5, 5.41) is 0. The Morgan fingerprint density at radius 3 is 2.36 bits per heavy atom. The zero-order valence-corrected chi connectivity index (χ0v) is 18.1. The standard InChI is InChI=1S/C21H23BrN2O3S/c1-15-14-17-4-2-3-5-20(17)24(15)21(25)16-10-12-23(13-11-16)28(26,27)19-8-6-18(22)7-9-19/h2-9,15-16H,10-14H2,1H3. The van der Waals surface area contributed by atoms with Crippen LogP contribution in [0.3, 0.4) is 0 Å². The van der Waals surface area contributed by atoms with Crippen LogP contribution in [-0.2, 0) is 21.2 Å². The van der Waals surface area contributed by atoms with Crippen LogP contribution in [0, 0.1) is 5.92 Å². The van der Waals surface area contributed by atoms with Gasteiger partial charge in [-0.25, -0.2) is 8.42 Å². The van der Waals surface area contributed by atoms with Crippen LogP contribution >= 0.6 is 15.9 Å². The van der Waals surface area contributed by atoms with Crippen molar-refractivity contribution in [1.29, 1.82) is 0 Å². The molecule has 0 spiro atoms. The molecule has 0 saturated carbocycles. The van der Waals surface area contributed by atoms with Gasteiger partial charge in [0, 0.05) is 35.2 Å². The number of para-hydroxylation sites is 1. The fraction of sp³-hybridized carbons (Fsp3) is 0.381. The number of carbonyl (C=O) groups excluding carboxylic acids is 1. The van der Waals surface area contributed by atoms with Crippen LogP contribution in [0.5, 0.6) is 0 Å². The smallest absolute Gasteiger partial charge is 0.243 e. The average Bonchev–Trinajstić information content (AvgIpc) is 3.03. The van der Waals surface area contributed by atoms with Gasteiger partial charge in [-0.05, 0) is 62.1 Å². The van der Waals surface area contributed by atoms with Crippen molar-refractivity contribution in [1.82, 2.24) is 4.31 Å². The number of hydrogen-bond donors (Lipinski definition) is 0. The molecule has 2 aromatic rings. The van der Waals surface area contributed by atoms with E-state index in [-0.39, 0.29) is 17.9 Å². The monoisotopic (exact) mass is 462 g/mol. The van der Waals surface area contributed by atoms with Crippen LogP contribution in [0.1, 0.15) is 25.3 Å². The minimum absolute atomic E-state index is 0.123. The maximum Gasteiger partial charge on any atom is 0.243 e. The molecule has 2 aliphatic heterocycles. The number of amides is 1. The third-order valence-corrected chi connectivity index (χ3v) is 8.14. The maximum absolute atomic E-state index is 13.2. The van der Waals surface area contributed by atoms with Crippen LogP contribution in [0.15, 0.2) is 57.9 Å². The highest BCUT2D eigenvalue weighted by molar-refractivity contribution is 9.10. The fourth-order valence-corrected chi connectivity index (χ4v) is 5.93. The van der Waals surface area contributed by atoms with E-state index >= 15 is 0 Å². The zero-order valence-electron chi connectivity index (χ0n) is 15.7. The summed E-state index contributed by atoms with van der Waals surface area (Å²) in [5.41, 5.74) is 2.21. The van der Waals surface area contributed by atoms with Gasteiger partial charge in [0.2, 0.25) is 15.9 Å². The van der Waals surface area contributed by atoms with Crippen molar-refractivity contribution in [2.45, 2.75) is 37.1 Å². The number of fused-ring (bicyclic) bond motifs is 1. The normalized spacial score (nSPS) is 20.9. The number of anilines is 1. The summed E-state index contributed by atoms with van der Waals surface area (Å²) in [6.45, 7) is 2.82. The van der Waals surface area contributed by atoms with E-state index in [9.17, 15) is 13.2 Å². The average molecular weight is 463 g/mol. The van der Waals surface area contributed by atoms with Gasteiger partial charge in [-0.3, -0.25) is 4.79 Å². The summed E-state index contributed by atoms with van der Waals surface area (Å²) < 4.78 is 28.1. The predicted molar refractivity (Wildman–Crippen MR) is 113 cm³/mol. The third-order valence-electron chi connectivity index (χ3n) is 5.70. The predicted octanol–water partition coefficient (Wildman–Crippen LogP) is 3.83. The number of benzene rings is 2. The Hall–Kier alpha value is -1.70. The van der Waals surface area contributed by atoms with Crippen LogP contribution in [0.2, 0.25) is 0 Å². The summed E-state index contributed by atoms with van der Waals surface area (Å²) >= 11 is 3.33. The highest BCUT2D eigenvalue weighted by Crippen LogP contribution is 2.35. The van der Waals surface area contributed by atoms with Crippen LogP contribution in [-0.4, -0.2) is 37.8 Å². The van der Waals surface area contributed by atoms with Crippen LogP contribution < -0.4 is 4.90 Å². The molecule has 0 aromatic heterocycles. The number of sulfonamides is 1. The van der Waals surface area contributed by atoms with Gasteiger partial charge >= 0.3 is 0 Å². The number of hydrogen-bond acceptors (Lipinski definition) is 3. The lowest BCUT2D eigenvalue weighted by atomic mass is 9.96. The number of halogens is 1. The van der Waals surface area contributed by atoms with Crippen molar-refractivity contribution in [2.75, 3.05) is 18.0 Å². The molecule has 0 N–H and O–H groups in total. The first kappa shape index (κ1) is 19.6. The molecule has 0 radical (unpaired) electrons. The van der Waals surface area contributed by atoms with Crippen LogP contribution in [0.25, 0.3) is 0 Å². The van der Waals surface area contributed by atoms with Gasteiger partial charge in [0.15, 0.2) is 0 Å². The highest BCUT2D eigenvalue weighted by Gasteiger charge is 2.38. The van der Waals surface area contributed by atoms with Crippen LogP contribution in [0.4, 0.5) is 5.69 Å². The molecule has 4 rings (SSSR count). The Kier molecular flexibility index (Phi) is 5.33. The minimum Gasteiger partial charge on any atom is -0.309 e. The second-order valence-corrected chi connectivity index (χ2v) is 10.4. The van der Waals surface area contributed by atoms with E-state index < -0.39 is 10.0 Å².